The highest BCUT2D eigenvalue weighted by atomic mass is 16.5. The van der Waals surface area contributed by atoms with Gasteiger partial charge in [-0.1, -0.05) is 61.4 Å². The second kappa shape index (κ2) is 11.5. The number of phenols is 1. The van der Waals surface area contributed by atoms with Crippen LogP contribution in [0.5, 0.6) is 5.75 Å². The third-order valence-corrected chi connectivity index (χ3v) is 5.83. The van der Waals surface area contributed by atoms with Gasteiger partial charge in [0.15, 0.2) is 5.75 Å². The number of aromatic hydroxyl groups is 1. The van der Waals surface area contributed by atoms with Gasteiger partial charge in [-0.05, 0) is 68.7 Å². The van der Waals surface area contributed by atoms with Crippen molar-refractivity contribution < 1.29 is 19.4 Å². The largest absolute Gasteiger partial charge is 0.505 e. The number of para-hydroxylation sites is 1. The second-order valence-corrected chi connectivity index (χ2v) is 9.11. The van der Waals surface area contributed by atoms with Gasteiger partial charge in [-0.15, -0.1) is 0 Å². The first-order valence-electron chi connectivity index (χ1n) is 11.2. The lowest BCUT2D eigenvalue weighted by atomic mass is 9.72. The number of allylic oxidation sites excluding steroid dienone is 9. The molecule has 176 valence electrons. The third kappa shape index (κ3) is 7.35. The van der Waals surface area contributed by atoms with Crippen molar-refractivity contribution in [1.29, 1.82) is 0 Å². The first-order valence-corrected chi connectivity index (χ1v) is 11.2. The Morgan fingerprint density at radius 2 is 1.88 bits per heavy atom. The molecule has 0 saturated heterocycles. The zero-order valence-electron chi connectivity index (χ0n) is 20.5. The summed E-state index contributed by atoms with van der Waals surface area (Å²) in [6, 6.07) is 4.50. The van der Waals surface area contributed by atoms with Crippen molar-refractivity contribution in [3.8, 4) is 5.75 Å². The van der Waals surface area contributed by atoms with Crippen molar-refractivity contribution in [3.63, 3.8) is 0 Å². The van der Waals surface area contributed by atoms with Crippen LogP contribution in [0, 0.1) is 5.41 Å². The Morgan fingerprint density at radius 3 is 2.55 bits per heavy atom. The minimum absolute atomic E-state index is 0.00728. The SMILES string of the molecule is COC(=O)c1cccc(NC(=O)/C=C(C)/C=C/C=C(C)/C=C/C2=C(C)CCCC2(C)C)c1O. The van der Waals surface area contributed by atoms with E-state index in [4.69, 9.17) is 0 Å². The summed E-state index contributed by atoms with van der Waals surface area (Å²) in [6.07, 6.45) is 15.2. The summed E-state index contributed by atoms with van der Waals surface area (Å²) >= 11 is 0. The molecule has 1 amide bonds. The number of hydrogen-bond donors (Lipinski definition) is 2. The number of methoxy groups -OCH3 is 1. The fourth-order valence-corrected chi connectivity index (χ4v) is 3.98. The van der Waals surface area contributed by atoms with Crippen LogP contribution in [0.3, 0.4) is 0 Å². The smallest absolute Gasteiger partial charge is 0.341 e. The van der Waals surface area contributed by atoms with Crippen molar-refractivity contribution in [1.82, 2.24) is 0 Å². The molecule has 5 heteroatoms. The maximum atomic E-state index is 12.3. The second-order valence-electron chi connectivity index (χ2n) is 9.11. The molecule has 0 radical (unpaired) electrons. The van der Waals surface area contributed by atoms with E-state index in [-0.39, 0.29) is 22.4 Å². The van der Waals surface area contributed by atoms with Crippen LogP contribution in [0.4, 0.5) is 5.69 Å². The van der Waals surface area contributed by atoms with Crippen LogP contribution in [0.15, 0.2) is 76.9 Å². The van der Waals surface area contributed by atoms with Crippen molar-refractivity contribution >= 4 is 17.6 Å². The number of hydrogen-bond acceptors (Lipinski definition) is 4. The molecule has 1 aromatic rings. The van der Waals surface area contributed by atoms with Crippen LogP contribution in [-0.4, -0.2) is 24.1 Å². The van der Waals surface area contributed by atoms with Gasteiger partial charge in [0.05, 0.1) is 12.8 Å². The van der Waals surface area contributed by atoms with Crippen molar-refractivity contribution in [2.24, 2.45) is 5.41 Å². The number of amides is 1. The van der Waals surface area contributed by atoms with Gasteiger partial charge in [0.25, 0.3) is 0 Å². The average molecular weight is 450 g/mol. The molecule has 33 heavy (non-hydrogen) atoms. The fraction of sp³-hybridized carbons (Fsp3) is 0.357. The van der Waals surface area contributed by atoms with Crippen LogP contribution in [-0.2, 0) is 9.53 Å². The predicted molar refractivity (Wildman–Crippen MR) is 134 cm³/mol. The molecule has 0 aromatic heterocycles. The molecule has 1 aromatic carbocycles. The fourth-order valence-electron chi connectivity index (χ4n) is 3.98. The molecule has 2 rings (SSSR count). The van der Waals surface area contributed by atoms with Crippen LogP contribution in [0.1, 0.15) is 64.2 Å². The van der Waals surface area contributed by atoms with Crippen molar-refractivity contribution in [2.45, 2.75) is 53.9 Å². The van der Waals surface area contributed by atoms with E-state index in [0.717, 1.165) is 11.1 Å². The summed E-state index contributed by atoms with van der Waals surface area (Å²) in [5.74, 6) is -1.40. The first-order chi connectivity index (χ1) is 15.5. The number of ether oxygens (including phenoxy) is 1. The predicted octanol–water partition coefficient (Wildman–Crippen LogP) is 6.65. The molecule has 1 aliphatic carbocycles. The lowest BCUT2D eigenvalue weighted by molar-refractivity contribution is -0.112. The van der Waals surface area contributed by atoms with E-state index in [1.807, 2.05) is 25.2 Å². The molecule has 0 spiro atoms. The summed E-state index contributed by atoms with van der Waals surface area (Å²) in [6.45, 7) is 10.7. The highest BCUT2D eigenvalue weighted by molar-refractivity contribution is 6.03. The van der Waals surface area contributed by atoms with E-state index in [9.17, 15) is 14.7 Å². The zero-order chi connectivity index (χ0) is 24.6. The maximum absolute atomic E-state index is 12.3. The lowest BCUT2D eigenvalue weighted by Crippen LogP contribution is -2.19. The number of anilines is 1. The highest BCUT2D eigenvalue weighted by Crippen LogP contribution is 2.40. The van der Waals surface area contributed by atoms with Gasteiger partial charge >= 0.3 is 5.97 Å². The molecule has 2 N–H and O–H groups in total. The molecule has 0 saturated carbocycles. The Balaban J connectivity index is 2.03. The molecule has 0 aliphatic heterocycles. The lowest BCUT2D eigenvalue weighted by Gasteiger charge is -2.32. The minimum Gasteiger partial charge on any atom is -0.505 e. The van der Waals surface area contributed by atoms with Gasteiger partial charge in [0, 0.05) is 6.08 Å². The zero-order valence-corrected chi connectivity index (χ0v) is 20.5. The third-order valence-electron chi connectivity index (χ3n) is 5.83. The first kappa shape index (κ1) is 25.9. The monoisotopic (exact) mass is 449 g/mol. The van der Waals surface area contributed by atoms with Crippen LogP contribution in [0.25, 0.3) is 0 Å². The van der Waals surface area contributed by atoms with E-state index in [1.54, 1.807) is 6.07 Å². The molecule has 1 aliphatic rings. The Bertz CT molecular complexity index is 1050. The Hall–Kier alpha value is -3.34. The summed E-state index contributed by atoms with van der Waals surface area (Å²) in [4.78, 5) is 24.0. The van der Waals surface area contributed by atoms with E-state index >= 15 is 0 Å². The number of phenolic OH excluding ortho intramolecular Hbond substituents is 1. The van der Waals surface area contributed by atoms with Crippen LogP contribution in [0.2, 0.25) is 0 Å². The van der Waals surface area contributed by atoms with E-state index in [0.29, 0.717) is 0 Å². The van der Waals surface area contributed by atoms with Crippen molar-refractivity contribution in [2.75, 3.05) is 12.4 Å². The molecule has 0 bridgehead atoms. The molecule has 0 heterocycles. The van der Waals surface area contributed by atoms with Crippen LogP contribution >= 0.6 is 0 Å². The van der Waals surface area contributed by atoms with Gasteiger partial charge in [-0.2, -0.15) is 0 Å². The topological polar surface area (TPSA) is 75.6 Å². The summed E-state index contributed by atoms with van der Waals surface area (Å²) in [5.41, 5.74) is 5.12. The molecule has 0 atom stereocenters. The van der Waals surface area contributed by atoms with Gasteiger partial charge < -0.3 is 15.2 Å². The average Bonchev–Trinajstić information content (AvgIpc) is 2.73. The quantitative estimate of drug-likeness (QED) is 0.211. The summed E-state index contributed by atoms with van der Waals surface area (Å²) in [5, 5.41) is 12.8. The standard InChI is InChI=1S/C28H35NO4/c1-19(15-16-23-21(3)12-9-17-28(23,4)5)10-7-11-20(2)18-25(30)29-24-14-8-13-22(26(24)31)27(32)33-6/h7-8,10-11,13-16,18,31H,9,12,17H2,1-6H3,(H,29,30)/b11-7+,16-15+,19-10+,20-18+. The molecule has 5 nitrogen and oxygen atoms in total. The molecular formula is C28H35NO4. The van der Waals surface area contributed by atoms with Crippen LogP contribution < -0.4 is 5.32 Å². The van der Waals surface area contributed by atoms with Gasteiger partial charge in [-0.3, -0.25) is 4.79 Å². The molecule has 0 fully saturated rings. The highest BCUT2D eigenvalue weighted by Gasteiger charge is 2.26. The number of carbonyl (C=O) groups excluding carboxylic acids is 2. The van der Waals surface area contributed by atoms with Gasteiger partial charge in [0.2, 0.25) is 5.91 Å². The van der Waals surface area contributed by atoms with E-state index in [1.165, 1.54) is 55.7 Å². The molecular weight excluding hydrogens is 414 g/mol. The van der Waals surface area contributed by atoms with Gasteiger partial charge in [0.1, 0.15) is 5.56 Å². The maximum Gasteiger partial charge on any atom is 0.341 e. The molecule has 0 unspecified atom stereocenters. The number of rotatable bonds is 7. The number of esters is 1. The van der Waals surface area contributed by atoms with Gasteiger partial charge in [-0.25, -0.2) is 4.79 Å². The Labute approximate surface area is 197 Å². The minimum atomic E-state index is -0.673. The number of benzene rings is 1. The summed E-state index contributed by atoms with van der Waals surface area (Å²) in [7, 11) is 1.23. The van der Waals surface area contributed by atoms with Crippen molar-refractivity contribution in [3.05, 3.63) is 82.5 Å². The Morgan fingerprint density at radius 1 is 1.15 bits per heavy atom. The normalized spacial score (nSPS) is 17.0. The van der Waals surface area contributed by atoms with E-state index < -0.39 is 11.9 Å². The Kier molecular flexibility index (Phi) is 9.03. The number of carbonyl (C=O) groups is 2. The summed E-state index contributed by atoms with van der Waals surface area (Å²) < 4.78 is 4.63. The number of nitrogens with one attached hydrogen (secondary N) is 1. The van der Waals surface area contributed by atoms with E-state index in [2.05, 4.69) is 49.9 Å².